The molecule has 0 spiro atoms. The van der Waals surface area contributed by atoms with Crippen LogP contribution in [0.25, 0.3) is 0 Å². The van der Waals surface area contributed by atoms with Crippen LogP contribution in [0.3, 0.4) is 0 Å². The zero-order chi connectivity index (χ0) is 25.3. The number of hydrogen-bond acceptors (Lipinski definition) is 6. The van der Waals surface area contributed by atoms with Crippen LogP contribution in [-0.4, -0.2) is 45.8 Å². The van der Waals surface area contributed by atoms with Gasteiger partial charge in [-0.05, 0) is 43.2 Å². The van der Waals surface area contributed by atoms with Crippen molar-refractivity contribution in [3.63, 3.8) is 0 Å². The minimum Gasteiger partial charge on any atom is -0.375 e. The zero-order valence-electron chi connectivity index (χ0n) is 18.5. The molecule has 1 saturated heterocycles. The zero-order valence-corrected chi connectivity index (χ0v) is 19.3. The Morgan fingerprint density at radius 2 is 1.91 bits per heavy atom. The molecular formula is C23H21F4N5O2S. The fourth-order valence-electron chi connectivity index (χ4n) is 4.17. The summed E-state index contributed by atoms with van der Waals surface area (Å²) in [4.78, 5) is 35.7. The Kier molecular flexibility index (Phi) is 6.75. The molecule has 1 aliphatic rings. The number of hydrogen-bond donors (Lipinski definition) is 2. The molecule has 1 fully saturated rings. The van der Waals surface area contributed by atoms with Gasteiger partial charge >= 0.3 is 6.18 Å². The molecule has 0 aliphatic carbocycles. The van der Waals surface area contributed by atoms with Crippen LogP contribution < -0.4 is 11.1 Å². The van der Waals surface area contributed by atoms with Crippen LogP contribution in [0.2, 0.25) is 0 Å². The van der Waals surface area contributed by atoms with Gasteiger partial charge in [0, 0.05) is 31.2 Å². The average molecular weight is 508 g/mol. The van der Waals surface area contributed by atoms with Gasteiger partial charge in [-0.1, -0.05) is 23.5 Å². The minimum absolute atomic E-state index is 0.154. The lowest BCUT2D eigenvalue weighted by molar-refractivity contribution is -0.138. The number of nitrogens with one attached hydrogen (secondary N) is 1. The lowest BCUT2D eigenvalue weighted by atomic mass is 9.85. The molecular weight excluding hydrogens is 486 g/mol. The second-order valence-electron chi connectivity index (χ2n) is 8.14. The van der Waals surface area contributed by atoms with Crippen molar-refractivity contribution in [1.82, 2.24) is 20.2 Å². The van der Waals surface area contributed by atoms with E-state index in [1.807, 2.05) is 0 Å². The topological polar surface area (TPSA) is 101 Å². The van der Waals surface area contributed by atoms with Crippen molar-refractivity contribution in [3.05, 3.63) is 75.8 Å². The van der Waals surface area contributed by atoms with E-state index in [2.05, 4.69) is 15.3 Å². The molecule has 7 nitrogen and oxygen atoms in total. The second-order valence-corrected chi connectivity index (χ2v) is 9.17. The fourth-order valence-corrected chi connectivity index (χ4v) is 4.97. The third kappa shape index (κ3) is 5.26. The summed E-state index contributed by atoms with van der Waals surface area (Å²) in [6.45, 7) is 2.07. The van der Waals surface area contributed by atoms with E-state index in [0.717, 1.165) is 29.7 Å². The smallest absolute Gasteiger partial charge is 0.375 e. The Morgan fingerprint density at radius 1 is 1.20 bits per heavy atom. The van der Waals surface area contributed by atoms with Gasteiger partial charge in [-0.2, -0.15) is 13.2 Å². The molecule has 2 atom stereocenters. The van der Waals surface area contributed by atoms with Gasteiger partial charge in [-0.25, -0.2) is 9.37 Å². The standard InChI is InChI=1S/C23H21F4N5O2S/c1-12-19(35-22(28)30-12)21(34)32-10-8-17(15(11-32)13-4-6-14(24)7-5-13)31-20(33)18-16(23(25,26)27)3-2-9-29-18/h2-7,9,15,17H,8,10-11H2,1H3,(H2,28,30)(H,31,33)/t15-,17-/m1/s1. The van der Waals surface area contributed by atoms with Gasteiger partial charge in [-0.15, -0.1) is 0 Å². The van der Waals surface area contributed by atoms with Crippen LogP contribution in [0.1, 0.15) is 49.3 Å². The number of halogens is 4. The second kappa shape index (κ2) is 9.61. The van der Waals surface area contributed by atoms with Crippen molar-refractivity contribution in [2.45, 2.75) is 31.5 Å². The molecule has 1 aromatic carbocycles. The first-order chi connectivity index (χ1) is 16.5. The maximum Gasteiger partial charge on any atom is 0.418 e. The van der Waals surface area contributed by atoms with Crippen LogP contribution in [0.5, 0.6) is 0 Å². The Morgan fingerprint density at radius 3 is 2.54 bits per heavy atom. The van der Waals surface area contributed by atoms with E-state index < -0.39 is 41.1 Å². The van der Waals surface area contributed by atoms with E-state index in [1.165, 1.54) is 24.3 Å². The summed E-state index contributed by atoms with van der Waals surface area (Å²) in [7, 11) is 0. The maximum absolute atomic E-state index is 13.5. The number of nitrogens with two attached hydrogens (primary N) is 1. The first-order valence-electron chi connectivity index (χ1n) is 10.7. The summed E-state index contributed by atoms with van der Waals surface area (Å²) in [6, 6.07) is 6.86. The normalized spacial score (nSPS) is 18.4. The van der Waals surface area contributed by atoms with Gasteiger partial charge in [0.25, 0.3) is 11.8 Å². The number of benzene rings is 1. The summed E-state index contributed by atoms with van der Waals surface area (Å²) >= 11 is 1.07. The predicted molar refractivity (Wildman–Crippen MR) is 121 cm³/mol. The Hall–Kier alpha value is -3.54. The molecule has 2 amide bonds. The number of rotatable bonds is 4. The SMILES string of the molecule is Cc1nc(N)sc1C(=O)N1CC[C@@H](NC(=O)c2ncccc2C(F)(F)F)[C@@H](c2ccc(F)cc2)C1. The number of aromatic nitrogens is 2. The van der Waals surface area contributed by atoms with E-state index in [-0.39, 0.29) is 30.5 Å². The highest BCUT2D eigenvalue weighted by Crippen LogP contribution is 2.33. The average Bonchev–Trinajstić information content (AvgIpc) is 3.16. The molecule has 0 bridgehead atoms. The van der Waals surface area contributed by atoms with Gasteiger partial charge in [-0.3, -0.25) is 14.6 Å². The van der Waals surface area contributed by atoms with Crippen molar-refractivity contribution in [3.8, 4) is 0 Å². The van der Waals surface area contributed by atoms with Crippen molar-refractivity contribution in [1.29, 1.82) is 0 Å². The molecule has 1 aliphatic heterocycles. The highest BCUT2D eigenvalue weighted by Gasteiger charge is 2.39. The van der Waals surface area contributed by atoms with Crippen molar-refractivity contribution in [2.24, 2.45) is 0 Å². The number of piperidine rings is 1. The fraction of sp³-hybridized carbons (Fsp3) is 0.304. The van der Waals surface area contributed by atoms with E-state index in [9.17, 15) is 27.2 Å². The van der Waals surface area contributed by atoms with E-state index in [0.29, 0.717) is 16.1 Å². The molecule has 3 heterocycles. The van der Waals surface area contributed by atoms with Crippen LogP contribution in [0, 0.1) is 12.7 Å². The number of carbonyl (C=O) groups is 2. The van der Waals surface area contributed by atoms with E-state index in [4.69, 9.17) is 5.73 Å². The summed E-state index contributed by atoms with van der Waals surface area (Å²) in [6.07, 6.45) is -3.37. The summed E-state index contributed by atoms with van der Waals surface area (Å²) in [5, 5.41) is 2.93. The van der Waals surface area contributed by atoms with E-state index >= 15 is 0 Å². The van der Waals surface area contributed by atoms with Crippen LogP contribution in [0.15, 0.2) is 42.6 Å². The number of alkyl halides is 3. The number of thiazole rings is 1. The Bertz CT molecular complexity index is 1250. The van der Waals surface area contributed by atoms with Crippen LogP contribution in [0.4, 0.5) is 22.7 Å². The highest BCUT2D eigenvalue weighted by molar-refractivity contribution is 7.17. The minimum atomic E-state index is -4.75. The van der Waals surface area contributed by atoms with Crippen molar-refractivity contribution < 1.29 is 27.2 Å². The quantitative estimate of drug-likeness (QED) is 0.520. The predicted octanol–water partition coefficient (Wildman–Crippen LogP) is 4.01. The maximum atomic E-state index is 13.5. The first kappa shape index (κ1) is 24.6. The number of carbonyl (C=O) groups excluding carboxylic acids is 2. The molecule has 4 rings (SSSR count). The number of anilines is 1. The monoisotopic (exact) mass is 507 g/mol. The third-order valence-corrected chi connectivity index (χ3v) is 6.82. The number of pyridine rings is 1. The summed E-state index contributed by atoms with van der Waals surface area (Å²) < 4.78 is 53.7. The summed E-state index contributed by atoms with van der Waals surface area (Å²) in [5.41, 5.74) is 4.99. The van der Waals surface area contributed by atoms with Gasteiger partial charge in [0.05, 0.1) is 11.3 Å². The molecule has 35 heavy (non-hydrogen) atoms. The molecule has 0 radical (unpaired) electrons. The van der Waals surface area contributed by atoms with Crippen molar-refractivity contribution in [2.75, 3.05) is 18.8 Å². The number of aryl methyl sites for hydroxylation is 1. The number of nitrogen functional groups attached to an aromatic ring is 1. The van der Waals surface area contributed by atoms with Crippen LogP contribution >= 0.6 is 11.3 Å². The molecule has 184 valence electrons. The van der Waals surface area contributed by atoms with Gasteiger partial charge in [0.15, 0.2) is 5.13 Å². The number of amides is 2. The van der Waals surface area contributed by atoms with E-state index in [1.54, 1.807) is 11.8 Å². The molecule has 2 aromatic heterocycles. The lowest BCUT2D eigenvalue weighted by Gasteiger charge is -2.39. The largest absolute Gasteiger partial charge is 0.418 e. The number of nitrogens with zero attached hydrogens (tertiary/aromatic N) is 3. The van der Waals surface area contributed by atoms with Gasteiger partial charge < -0.3 is 16.0 Å². The van der Waals surface area contributed by atoms with Gasteiger partial charge in [0.1, 0.15) is 16.4 Å². The third-order valence-electron chi connectivity index (χ3n) is 5.85. The number of likely N-dealkylation sites (tertiary alicyclic amines) is 1. The molecule has 12 heteroatoms. The highest BCUT2D eigenvalue weighted by atomic mass is 32.1. The first-order valence-corrected chi connectivity index (χ1v) is 11.5. The molecule has 0 unspecified atom stereocenters. The van der Waals surface area contributed by atoms with Gasteiger partial charge in [0.2, 0.25) is 0 Å². The molecule has 0 saturated carbocycles. The lowest BCUT2D eigenvalue weighted by Crippen LogP contribution is -2.51. The summed E-state index contributed by atoms with van der Waals surface area (Å²) in [5.74, 6) is -2.21. The molecule has 3 N–H and O–H groups in total. The molecule has 3 aromatic rings. The Labute approximate surface area is 202 Å². The Balaban J connectivity index is 1.61. The van der Waals surface area contributed by atoms with Crippen molar-refractivity contribution >= 4 is 28.3 Å². The van der Waals surface area contributed by atoms with Crippen LogP contribution in [-0.2, 0) is 6.18 Å².